The van der Waals surface area contributed by atoms with Gasteiger partial charge in [-0.15, -0.1) is 0 Å². The Morgan fingerprint density at radius 2 is 1.89 bits per heavy atom. The van der Waals surface area contributed by atoms with Gasteiger partial charge in [-0.2, -0.15) is 0 Å². The summed E-state index contributed by atoms with van der Waals surface area (Å²) >= 11 is 0. The number of benzene rings is 2. The van der Waals surface area contributed by atoms with E-state index in [-0.39, 0.29) is 11.7 Å². The average Bonchev–Trinajstić information content (AvgIpc) is 3.01. The first kappa shape index (κ1) is 19.2. The van der Waals surface area contributed by atoms with Gasteiger partial charge in [-0.3, -0.25) is 9.10 Å². The number of hydrogen-bond donors (Lipinski definition) is 1. The van der Waals surface area contributed by atoms with Crippen molar-refractivity contribution in [3.8, 4) is 5.75 Å². The molecule has 2 aromatic rings. The van der Waals surface area contributed by atoms with Crippen LogP contribution in [0.3, 0.4) is 0 Å². The lowest BCUT2D eigenvalue weighted by Crippen LogP contribution is -2.25. The molecule has 1 N–H and O–H groups in total. The maximum absolute atomic E-state index is 12.2. The smallest absolute Gasteiger partial charge is 0.235 e. The molecule has 0 radical (unpaired) electrons. The topological polar surface area (TPSA) is 75.7 Å². The van der Waals surface area contributed by atoms with Crippen LogP contribution in [0.15, 0.2) is 48.5 Å². The number of anilines is 2. The summed E-state index contributed by atoms with van der Waals surface area (Å²) in [7, 11) is -3.19. The minimum Gasteiger partial charge on any atom is -0.494 e. The van der Waals surface area contributed by atoms with Crippen LogP contribution in [0, 0.1) is 0 Å². The van der Waals surface area contributed by atoms with Gasteiger partial charge in [0.15, 0.2) is 0 Å². The van der Waals surface area contributed by atoms with Gasteiger partial charge in [0.05, 0.1) is 18.0 Å². The summed E-state index contributed by atoms with van der Waals surface area (Å²) in [5.74, 6) is 0.904. The summed E-state index contributed by atoms with van der Waals surface area (Å²) in [6.07, 6.45) is 1.57. The molecular weight excluding hydrogens is 364 g/mol. The number of hydrogen-bond acceptors (Lipinski definition) is 4. The van der Waals surface area contributed by atoms with Crippen LogP contribution in [0.1, 0.15) is 25.3 Å². The van der Waals surface area contributed by atoms with Crippen molar-refractivity contribution >= 4 is 27.3 Å². The van der Waals surface area contributed by atoms with Gasteiger partial charge in [-0.1, -0.05) is 18.2 Å². The molecule has 6 nitrogen and oxygen atoms in total. The Bertz CT molecular complexity index is 894. The molecule has 7 heteroatoms. The fourth-order valence-electron chi connectivity index (χ4n) is 3.12. The van der Waals surface area contributed by atoms with E-state index in [2.05, 4.69) is 5.32 Å². The SMILES string of the molecule is CCOc1ccccc1CCC(=O)Nc1ccc(N2CCCS2(=O)=O)cc1. The molecule has 2 aromatic carbocycles. The molecule has 1 saturated heterocycles. The number of rotatable bonds is 7. The summed E-state index contributed by atoms with van der Waals surface area (Å²) in [4.78, 5) is 12.2. The maximum atomic E-state index is 12.2. The largest absolute Gasteiger partial charge is 0.494 e. The lowest BCUT2D eigenvalue weighted by Gasteiger charge is -2.17. The Morgan fingerprint density at radius 1 is 1.15 bits per heavy atom. The van der Waals surface area contributed by atoms with E-state index in [0.717, 1.165) is 11.3 Å². The van der Waals surface area contributed by atoms with E-state index >= 15 is 0 Å². The number of amides is 1. The molecule has 0 spiro atoms. The third kappa shape index (κ3) is 4.80. The predicted molar refractivity (Wildman–Crippen MR) is 107 cm³/mol. The van der Waals surface area contributed by atoms with Crippen LogP contribution in [0.4, 0.5) is 11.4 Å². The van der Waals surface area contributed by atoms with Gasteiger partial charge >= 0.3 is 0 Å². The highest BCUT2D eigenvalue weighted by molar-refractivity contribution is 7.93. The van der Waals surface area contributed by atoms with Crippen molar-refractivity contribution in [1.29, 1.82) is 0 Å². The second-order valence-corrected chi connectivity index (χ2v) is 8.39. The van der Waals surface area contributed by atoms with E-state index in [0.29, 0.717) is 43.8 Å². The Morgan fingerprint density at radius 3 is 2.56 bits per heavy atom. The van der Waals surface area contributed by atoms with E-state index in [9.17, 15) is 13.2 Å². The monoisotopic (exact) mass is 388 g/mol. The van der Waals surface area contributed by atoms with Crippen molar-refractivity contribution in [2.75, 3.05) is 28.5 Å². The maximum Gasteiger partial charge on any atom is 0.235 e. The normalized spacial score (nSPS) is 15.5. The van der Waals surface area contributed by atoms with Crippen molar-refractivity contribution in [1.82, 2.24) is 0 Å². The van der Waals surface area contributed by atoms with Gasteiger partial charge < -0.3 is 10.1 Å². The van der Waals surface area contributed by atoms with Crippen LogP contribution >= 0.6 is 0 Å². The zero-order chi connectivity index (χ0) is 19.3. The van der Waals surface area contributed by atoms with Crippen molar-refractivity contribution in [2.24, 2.45) is 0 Å². The first-order valence-corrected chi connectivity index (χ1v) is 10.7. The Kier molecular flexibility index (Phi) is 6.01. The van der Waals surface area contributed by atoms with E-state index < -0.39 is 10.0 Å². The number of para-hydroxylation sites is 1. The standard InChI is InChI=1S/C20H24N2O4S/c1-2-26-19-7-4-3-6-16(19)8-13-20(23)21-17-9-11-18(12-10-17)22-14-5-15-27(22,24)25/h3-4,6-7,9-12H,2,5,8,13-15H2,1H3,(H,21,23). The minimum absolute atomic E-state index is 0.0946. The molecule has 0 atom stereocenters. The second-order valence-electron chi connectivity index (χ2n) is 6.38. The fraction of sp³-hybridized carbons (Fsp3) is 0.350. The molecule has 1 heterocycles. The number of sulfonamides is 1. The van der Waals surface area contributed by atoms with E-state index in [1.807, 2.05) is 31.2 Å². The number of aryl methyl sites for hydroxylation is 1. The molecule has 144 valence electrons. The van der Waals surface area contributed by atoms with Gasteiger partial charge in [0.25, 0.3) is 0 Å². The van der Waals surface area contributed by atoms with Crippen molar-refractivity contribution in [2.45, 2.75) is 26.2 Å². The van der Waals surface area contributed by atoms with Gasteiger partial charge in [-0.25, -0.2) is 8.42 Å². The number of nitrogens with one attached hydrogen (secondary N) is 1. The van der Waals surface area contributed by atoms with Gasteiger partial charge in [0.1, 0.15) is 5.75 Å². The molecule has 0 saturated carbocycles. The van der Waals surface area contributed by atoms with Gasteiger partial charge in [0, 0.05) is 18.7 Å². The molecule has 27 heavy (non-hydrogen) atoms. The van der Waals surface area contributed by atoms with Crippen LogP contribution < -0.4 is 14.4 Å². The zero-order valence-electron chi connectivity index (χ0n) is 15.3. The number of carbonyl (C=O) groups excluding carboxylic acids is 1. The van der Waals surface area contributed by atoms with Crippen LogP contribution in [0.25, 0.3) is 0 Å². The first-order chi connectivity index (χ1) is 13.0. The summed E-state index contributed by atoms with van der Waals surface area (Å²) in [6, 6.07) is 14.6. The molecule has 1 aliphatic heterocycles. The molecule has 1 fully saturated rings. The van der Waals surface area contributed by atoms with E-state index in [4.69, 9.17) is 4.74 Å². The molecular formula is C20H24N2O4S. The minimum atomic E-state index is -3.19. The highest BCUT2D eigenvalue weighted by Gasteiger charge is 2.28. The molecule has 0 aromatic heterocycles. The van der Waals surface area contributed by atoms with Crippen LogP contribution in [-0.2, 0) is 21.2 Å². The second kappa shape index (κ2) is 8.43. The van der Waals surface area contributed by atoms with Gasteiger partial charge in [0.2, 0.25) is 15.9 Å². The quantitative estimate of drug-likeness (QED) is 0.790. The summed E-state index contributed by atoms with van der Waals surface area (Å²) in [5, 5.41) is 2.85. The summed E-state index contributed by atoms with van der Waals surface area (Å²) in [5.41, 5.74) is 2.29. The predicted octanol–water partition coefficient (Wildman–Crippen LogP) is 3.20. The lowest BCUT2D eigenvalue weighted by atomic mass is 10.1. The number of nitrogens with zero attached hydrogens (tertiary/aromatic N) is 1. The molecule has 1 aliphatic rings. The van der Waals surface area contributed by atoms with Crippen LogP contribution in [-0.4, -0.2) is 33.2 Å². The van der Waals surface area contributed by atoms with Crippen LogP contribution in [0.5, 0.6) is 5.75 Å². The number of ether oxygens (including phenoxy) is 1. The van der Waals surface area contributed by atoms with E-state index in [1.165, 1.54) is 4.31 Å². The summed E-state index contributed by atoms with van der Waals surface area (Å²) < 4.78 is 30.9. The van der Waals surface area contributed by atoms with Gasteiger partial charge in [-0.05, 0) is 55.7 Å². The fourth-order valence-corrected chi connectivity index (χ4v) is 4.68. The average molecular weight is 388 g/mol. The number of carbonyl (C=O) groups is 1. The Hall–Kier alpha value is -2.54. The first-order valence-electron chi connectivity index (χ1n) is 9.10. The molecule has 0 aliphatic carbocycles. The molecule has 1 amide bonds. The Balaban J connectivity index is 1.57. The van der Waals surface area contributed by atoms with Crippen molar-refractivity contribution < 1.29 is 17.9 Å². The third-order valence-electron chi connectivity index (χ3n) is 4.43. The Labute approximate surface area is 160 Å². The molecule has 0 bridgehead atoms. The van der Waals surface area contributed by atoms with Crippen molar-refractivity contribution in [3.63, 3.8) is 0 Å². The van der Waals surface area contributed by atoms with Crippen LogP contribution in [0.2, 0.25) is 0 Å². The zero-order valence-corrected chi connectivity index (χ0v) is 16.2. The third-order valence-corrected chi connectivity index (χ3v) is 6.30. The van der Waals surface area contributed by atoms with E-state index in [1.54, 1.807) is 24.3 Å². The molecule has 0 unspecified atom stereocenters. The lowest BCUT2D eigenvalue weighted by molar-refractivity contribution is -0.116. The summed E-state index contributed by atoms with van der Waals surface area (Å²) in [6.45, 7) is 3.02. The highest BCUT2D eigenvalue weighted by Crippen LogP contribution is 2.25. The highest BCUT2D eigenvalue weighted by atomic mass is 32.2. The molecule has 3 rings (SSSR count). The van der Waals surface area contributed by atoms with Crippen molar-refractivity contribution in [3.05, 3.63) is 54.1 Å².